The van der Waals surface area contributed by atoms with E-state index in [1.165, 1.54) is 16.9 Å². The predicted molar refractivity (Wildman–Crippen MR) is 77.0 cm³/mol. The first kappa shape index (κ1) is 17.2. The monoisotopic (exact) mass is 366 g/mol. The standard InChI is InChI=1S/C13H17F3N4O3S/c14-13(15,16)24(22,23)19-7-10-4-5-17-20(10)11(8-19)6-12(21)18-9-2-1-3-9/h4-5,9,11H,1-3,6-8H2,(H,18,21)/t11-/m0/s1. The molecule has 1 aliphatic heterocycles. The summed E-state index contributed by atoms with van der Waals surface area (Å²) in [7, 11) is -5.44. The van der Waals surface area contributed by atoms with E-state index in [2.05, 4.69) is 10.4 Å². The van der Waals surface area contributed by atoms with E-state index in [1.807, 2.05) is 0 Å². The minimum atomic E-state index is -5.44. The van der Waals surface area contributed by atoms with Crippen LogP contribution >= 0.6 is 0 Å². The Morgan fingerprint density at radius 3 is 2.67 bits per heavy atom. The lowest BCUT2D eigenvalue weighted by Gasteiger charge is -2.34. The van der Waals surface area contributed by atoms with Gasteiger partial charge in [0.05, 0.1) is 24.7 Å². The molecule has 1 amide bonds. The predicted octanol–water partition coefficient (Wildman–Crippen LogP) is 1.15. The minimum Gasteiger partial charge on any atom is -0.353 e. The number of carbonyl (C=O) groups excluding carboxylic acids is 1. The van der Waals surface area contributed by atoms with Crippen molar-refractivity contribution in [1.29, 1.82) is 0 Å². The summed E-state index contributed by atoms with van der Waals surface area (Å²) in [4.78, 5) is 12.1. The van der Waals surface area contributed by atoms with Gasteiger partial charge in [-0.1, -0.05) is 0 Å². The number of rotatable bonds is 4. The van der Waals surface area contributed by atoms with Gasteiger partial charge in [-0.2, -0.15) is 22.6 Å². The van der Waals surface area contributed by atoms with Gasteiger partial charge in [-0.25, -0.2) is 8.42 Å². The molecule has 2 aliphatic rings. The van der Waals surface area contributed by atoms with Crippen molar-refractivity contribution in [3.8, 4) is 0 Å². The molecule has 1 saturated carbocycles. The smallest absolute Gasteiger partial charge is 0.353 e. The third kappa shape index (κ3) is 3.14. The molecule has 7 nitrogen and oxygen atoms in total. The van der Waals surface area contributed by atoms with E-state index in [4.69, 9.17) is 0 Å². The van der Waals surface area contributed by atoms with Gasteiger partial charge in [0, 0.05) is 18.8 Å². The summed E-state index contributed by atoms with van der Waals surface area (Å²) in [5.41, 5.74) is -5.04. The van der Waals surface area contributed by atoms with Gasteiger partial charge in [-0.15, -0.1) is 0 Å². The average Bonchev–Trinajstić information content (AvgIpc) is 2.90. The highest BCUT2D eigenvalue weighted by Gasteiger charge is 2.51. The van der Waals surface area contributed by atoms with E-state index >= 15 is 0 Å². The van der Waals surface area contributed by atoms with Gasteiger partial charge in [0.2, 0.25) is 5.91 Å². The summed E-state index contributed by atoms with van der Waals surface area (Å²) in [6, 6.07) is 0.795. The zero-order valence-electron chi connectivity index (χ0n) is 12.7. The van der Waals surface area contributed by atoms with Crippen molar-refractivity contribution in [2.24, 2.45) is 0 Å². The van der Waals surface area contributed by atoms with Gasteiger partial charge < -0.3 is 5.32 Å². The second kappa shape index (κ2) is 6.03. The molecule has 0 saturated heterocycles. The number of nitrogens with one attached hydrogen (secondary N) is 1. The quantitative estimate of drug-likeness (QED) is 0.866. The van der Waals surface area contributed by atoms with Crippen LogP contribution in [0.15, 0.2) is 12.3 Å². The third-order valence-corrected chi connectivity index (χ3v) is 5.92. The lowest BCUT2D eigenvalue weighted by Crippen LogP contribution is -2.48. The molecule has 11 heteroatoms. The minimum absolute atomic E-state index is 0.105. The van der Waals surface area contributed by atoms with Crippen molar-refractivity contribution in [1.82, 2.24) is 19.4 Å². The Morgan fingerprint density at radius 1 is 1.38 bits per heavy atom. The van der Waals surface area contributed by atoms with Crippen LogP contribution in [0.5, 0.6) is 0 Å². The van der Waals surface area contributed by atoms with E-state index in [1.54, 1.807) is 0 Å². The van der Waals surface area contributed by atoms with Crippen LogP contribution in [0.25, 0.3) is 0 Å². The van der Waals surface area contributed by atoms with Crippen LogP contribution in [-0.4, -0.2) is 46.5 Å². The molecule has 0 unspecified atom stereocenters. The van der Waals surface area contributed by atoms with Gasteiger partial charge in [-0.3, -0.25) is 9.48 Å². The Balaban J connectivity index is 1.77. The summed E-state index contributed by atoms with van der Waals surface area (Å²) in [6.07, 6.45) is 4.08. The van der Waals surface area contributed by atoms with Crippen LogP contribution in [0.1, 0.15) is 37.4 Å². The first-order valence-corrected chi connectivity index (χ1v) is 9.00. The number of halogens is 3. The first-order chi connectivity index (χ1) is 11.2. The molecule has 1 fully saturated rings. The number of sulfonamides is 1. The molecule has 0 bridgehead atoms. The second-order valence-corrected chi connectivity index (χ2v) is 7.99. The lowest BCUT2D eigenvalue weighted by molar-refractivity contribution is -0.123. The van der Waals surface area contributed by atoms with Gasteiger partial charge in [0.1, 0.15) is 0 Å². The number of alkyl halides is 3. The summed E-state index contributed by atoms with van der Waals surface area (Å²) >= 11 is 0. The maximum atomic E-state index is 12.8. The number of carbonyl (C=O) groups is 1. The van der Waals surface area contributed by atoms with Gasteiger partial charge in [0.25, 0.3) is 0 Å². The largest absolute Gasteiger partial charge is 0.511 e. The number of hydrogen-bond acceptors (Lipinski definition) is 4. The Hall–Kier alpha value is -1.62. The summed E-state index contributed by atoms with van der Waals surface area (Å²) in [6.45, 7) is -0.850. The molecule has 1 aromatic heterocycles. The fourth-order valence-corrected chi connectivity index (χ4v) is 3.85. The van der Waals surface area contributed by atoms with Crippen molar-refractivity contribution in [2.75, 3.05) is 6.54 Å². The molecule has 1 atom stereocenters. The maximum absolute atomic E-state index is 12.8. The van der Waals surface area contributed by atoms with Crippen LogP contribution < -0.4 is 5.32 Å². The molecule has 1 aromatic rings. The van der Waals surface area contributed by atoms with Crippen molar-refractivity contribution in [3.63, 3.8) is 0 Å². The van der Waals surface area contributed by atoms with Crippen LogP contribution in [0.2, 0.25) is 0 Å². The molecular formula is C13H17F3N4O3S. The van der Waals surface area contributed by atoms with Crippen LogP contribution in [0.3, 0.4) is 0 Å². The first-order valence-electron chi connectivity index (χ1n) is 7.56. The SMILES string of the molecule is O=C(C[C@H]1CN(S(=O)(=O)C(F)(F)F)Cc2ccnn21)NC1CCC1. The highest BCUT2D eigenvalue weighted by Crippen LogP contribution is 2.32. The summed E-state index contributed by atoms with van der Waals surface area (Å²) in [5, 5.41) is 6.82. The van der Waals surface area contributed by atoms with Crippen molar-refractivity contribution >= 4 is 15.9 Å². The molecule has 1 aliphatic carbocycles. The fraction of sp³-hybridized carbons (Fsp3) is 0.692. The van der Waals surface area contributed by atoms with Crippen LogP contribution in [0, 0.1) is 0 Å². The average molecular weight is 366 g/mol. The Bertz CT molecular complexity index is 727. The van der Waals surface area contributed by atoms with Crippen molar-refractivity contribution in [3.05, 3.63) is 18.0 Å². The second-order valence-electron chi connectivity index (χ2n) is 6.06. The van der Waals surface area contributed by atoms with Crippen LogP contribution in [-0.2, 0) is 21.4 Å². The number of amides is 1. The van der Waals surface area contributed by atoms with Gasteiger partial charge in [-0.05, 0) is 25.3 Å². The lowest BCUT2D eigenvalue weighted by atomic mass is 9.93. The van der Waals surface area contributed by atoms with E-state index in [0.717, 1.165) is 19.3 Å². The molecule has 0 spiro atoms. The molecule has 3 rings (SSSR count). The molecule has 0 aromatic carbocycles. The topological polar surface area (TPSA) is 84.3 Å². The highest BCUT2D eigenvalue weighted by molar-refractivity contribution is 7.89. The van der Waals surface area contributed by atoms with E-state index in [0.29, 0.717) is 10.00 Å². The van der Waals surface area contributed by atoms with Crippen molar-refractivity contribution in [2.45, 2.75) is 49.8 Å². The fourth-order valence-electron chi connectivity index (χ4n) is 2.89. The maximum Gasteiger partial charge on any atom is 0.511 e. The summed E-state index contributed by atoms with van der Waals surface area (Å²) in [5.74, 6) is -0.308. The molecule has 2 heterocycles. The number of aromatic nitrogens is 2. The van der Waals surface area contributed by atoms with E-state index in [9.17, 15) is 26.4 Å². The van der Waals surface area contributed by atoms with E-state index in [-0.39, 0.29) is 18.4 Å². The summed E-state index contributed by atoms with van der Waals surface area (Å²) < 4.78 is 63.6. The molecule has 1 N–H and O–H groups in total. The number of nitrogens with zero attached hydrogens (tertiary/aromatic N) is 3. The van der Waals surface area contributed by atoms with Gasteiger partial charge in [0.15, 0.2) is 0 Å². The zero-order valence-corrected chi connectivity index (χ0v) is 13.5. The third-order valence-electron chi connectivity index (χ3n) is 4.37. The molecule has 24 heavy (non-hydrogen) atoms. The van der Waals surface area contributed by atoms with Crippen LogP contribution in [0.4, 0.5) is 13.2 Å². The number of fused-ring (bicyclic) bond motifs is 1. The highest BCUT2D eigenvalue weighted by atomic mass is 32.2. The molecule has 134 valence electrons. The Morgan fingerprint density at radius 2 is 2.08 bits per heavy atom. The van der Waals surface area contributed by atoms with E-state index < -0.39 is 34.7 Å². The molecular weight excluding hydrogens is 349 g/mol. The van der Waals surface area contributed by atoms with Gasteiger partial charge >= 0.3 is 15.5 Å². The normalized spacial score (nSPS) is 22.7. The molecule has 0 radical (unpaired) electrons. The Labute approximate surface area is 136 Å². The van der Waals surface area contributed by atoms with Crippen molar-refractivity contribution < 1.29 is 26.4 Å². The zero-order chi connectivity index (χ0) is 17.5. The number of hydrogen-bond donors (Lipinski definition) is 1. The Kier molecular flexibility index (Phi) is 4.32.